The molecule has 2 rings (SSSR count). The minimum Gasteiger partial charge on any atom is -0.492 e. The van der Waals surface area contributed by atoms with Crippen molar-refractivity contribution in [2.24, 2.45) is 0 Å². The van der Waals surface area contributed by atoms with Gasteiger partial charge < -0.3 is 15.4 Å². The molecular formula is C19H24N2O2. The first-order chi connectivity index (χ1) is 11.2. The Morgan fingerprint density at radius 1 is 1.09 bits per heavy atom. The predicted octanol–water partition coefficient (Wildman–Crippen LogP) is 2.85. The van der Waals surface area contributed by atoms with Gasteiger partial charge in [-0.3, -0.25) is 4.79 Å². The van der Waals surface area contributed by atoms with Gasteiger partial charge in [0.05, 0.1) is 13.0 Å². The lowest BCUT2D eigenvalue weighted by Crippen LogP contribution is -2.37. The molecule has 0 saturated heterocycles. The second kappa shape index (κ2) is 8.96. The van der Waals surface area contributed by atoms with E-state index in [9.17, 15) is 4.79 Å². The van der Waals surface area contributed by atoms with E-state index in [4.69, 9.17) is 4.74 Å². The van der Waals surface area contributed by atoms with Gasteiger partial charge in [0.25, 0.3) is 0 Å². The van der Waals surface area contributed by atoms with Gasteiger partial charge in [0, 0.05) is 18.2 Å². The number of rotatable bonds is 8. The van der Waals surface area contributed by atoms with Gasteiger partial charge in [-0.15, -0.1) is 0 Å². The number of ether oxygens (including phenoxy) is 1. The number of hydrogen-bond acceptors (Lipinski definition) is 3. The Morgan fingerprint density at radius 3 is 2.52 bits per heavy atom. The summed E-state index contributed by atoms with van der Waals surface area (Å²) in [6.07, 6.45) is 0.347. The fourth-order valence-electron chi connectivity index (χ4n) is 2.16. The summed E-state index contributed by atoms with van der Waals surface area (Å²) in [6.45, 7) is 3.01. The van der Waals surface area contributed by atoms with Crippen molar-refractivity contribution in [2.75, 3.05) is 20.2 Å². The Bertz CT molecular complexity index is 614. The zero-order chi connectivity index (χ0) is 16.5. The van der Waals surface area contributed by atoms with Crippen LogP contribution in [0, 0.1) is 0 Å². The molecule has 1 unspecified atom stereocenters. The van der Waals surface area contributed by atoms with Crippen LogP contribution in [0.3, 0.4) is 0 Å². The molecule has 4 nitrogen and oxygen atoms in total. The van der Waals surface area contributed by atoms with E-state index >= 15 is 0 Å². The summed E-state index contributed by atoms with van der Waals surface area (Å²) in [7, 11) is 1.88. The van der Waals surface area contributed by atoms with Crippen LogP contribution in [0.25, 0.3) is 11.1 Å². The molecular weight excluding hydrogens is 288 g/mol. The topological polar surface area (TPSA) is 50.4 Å². The van der Waals surface area contributed by atoms with Crippen LogP contribution in [0.15, 0.2) is 54.6 Å². The van der Waals surface area contributed by atoms with Crippen LogP contribution in [0.4, 0.5) is 0 Å². The Labute approximate surface area is 137 Å². The van der Waals surface area contributed by atoms with Gasteiger partial charge >= 0.3 is 0 Å². The molecule has 1 atom stereocenters. The van der Waals surface area contributed by atoms with Crippen LogP contribution >= 0.6 is 0 Å². The second-order valence-electron chi connectivity index (χ2n) is 5.45. The van der Waals surface area contributed by atoms with Crippen molar-refractivity contribution in [3.63, 3.8) is 0 Å². The van der Waals surface area contributed by atoms with Gasteiger partial charge in [-0.1, -0.05) is 48.5 Å². The molecule has 0 radical (unpaired) electrons. The minimum absolute atomic E-state index is 0.00397. The zero-order valence-corrected chi connectivity index (χ0v) is 13.7. The third kappa shape index (κ3) is 5.42. The lowest BCUT2D eigenvalue weighted by molar-refractivity contribution is -0.121. The molecule has 2 aromatic rings. The van der Waals surface area contributed by atoms with Crippen molar-refractivity contribution >= 4 is 5.91 Å². The highest BCUT2D eigenvalue weighted by Gasteiger charge is 2.07. The first kappa shape index (κ1) is 17.0. The minimum atomic E-state index is 0.00397. The summed E-state index contributed by atoms with van der Waals surface area (Å²) < 4.78 is 5.82. The van der Waals surface area contributed by atoms with Crippen LogP contribution in [-0.2, 0) is 4.79 Å². The van der Waals surface area contributed by atoms with Crippen molar-refractivity contribution in [3.05, 3.63) is 54.6 Å². The molecule has 4 heteroatoms. The third-order valence-corrected chi connectivity index (χ3v) is 3.66. The molecule has 0 fully saturated rings. The number of hydrogen-bond donors (Lipinski definition) is 2. The lowest BCUT2D eigenvalue weighted by Gasteiger charge is -2.13. The molecule has 1 amide bonds. The molecule has 0 saturated carbocycles. The fourth-order valence-corrected chi connectivity index (χ4v) is 2.16. The Morgan fingerprint density at radius 2 is 1.78 bits per heavy atom. The molecule has 0 bridgehead atoms. The van der Waals surface area contributed by atoms with Gasteiger partial charge in [-0.05, 0) is 25.6 Å². The number of para-hydroxylation sites is 1. The van der Waals surface area contributed by atoms with Gasteiger partial charge in [-0.2, -0.15) is 0 Å². The van der Waals surface area contributed by atoms with Crippen molar-refractivity contribution < 1.29 is 9.53 Å². The Hall–Kier alpha value is -2.33. The van der Waals surface area contributed by atoms with Crippen LogP contribution in [0.5, 0.6) is 5.75 Å². The lowest BCUT2D eigenvalue weighted by atomic mass is 10.1. The summed E-state index contributed by atoms with van der Waals surface area (Å²) in [5.74, 6) is 0.805. The van der Waals surface area contributed by atoms with E-state index < -0.39 is 0 Å². The third-order valence-electron chi connectivity index (χ3n) is 3.66. The summed E-state index contributed by atoms with van der Waals surface area (Å²) in [5, 5.41) is 5.97. The van der Waals surface area contributed by atoms with Gasteiger partial charge in [0.15, 0.2) is 0 Å². The van der Waals surface area contributed by atoms with Gasteiger partial charge in [0.1, 0.15) is 5.75 Å². The van der Waals surface area contributed by atoms with E-state index in [2.05, 4.69) is 10.6 Å². The number of carbonyl (C=O) groups excluding carboxylic acids is 1. The van der Waals surface area contributed by atoms with Crippen LogP contribution in [-0.4, -0.2) is 32.1 Å². The first-order valence-corrected chi connectivity index (χ1v) is 7.92. The number of benzene rings is 2. The second-order valence-corrected chi connectivity index (χ2v) is 5.45. The maximum atomic E-state index is 11.8. The maximum Gasteiger partial charge on any atom is 0.223 e. The molecule has 0 aliphatic carbocycles. The van der Waals surface area contributed by atoms with Gasteiger partial charge in [-0.25, -0.2) is 0 Å². The average Bonchev–Trinajstić information content (AvgIpc) is 2.61. The standard InChI is InChI=1S/C19H24N2O2/c1-15(20-2)14-21-19(22)12-13-23-18-11-7-6-10-17(18)16-8-4-3-5-9-16/h3-11,15,20H,12-14H2,1-2H3,(H,21,22). The van der Waals surface area contributed by atoms with Crippen molar-refractivity contribution in [3.8, 4) is 16.9 Å². The zero-order valence-electron chi connectivity index (χ0n) is 13.7. The van der Waals surface area contributed by atoms with E-state index in [-0.39, 0.29) is 11.9 Å². The summed E-state index contributed by atoms with van der Waals surface area (Å²) in [5.41, 5.74) is 2.15. The molecule has 122 valence electrons. The van der Waals surface area contributed by atoms with E-state index in [1.165, 1.54) is 0 Å². The number of likely N-dealkylation sites (N-methyl/N-ethyl adjacent to an activating group) is 1. The SMILES string of the molecule is CNC(C)CNC(=O)CCOc1ccccc1-c1ccccc1. The summed E-state index contributed by atoms with van der Waals surface area (Å²) in [6, 6.07) is 18.2. The number of carbonyl (C=O) groups is 1. The van der Waals surface area contributed by atoms with E-state index in [0.29, 0.717) is 19.6 Å². The van der Waals surface area contributed by atoms with Gasteiger partial charge in [0.2, 0.25) is 5.91 Å². The van der Waals surface area contributed by atoms with Crippen molar-refractivity contribution in [2.45, 2.75) is 19.4 Å². The molecule has 0 aromatic heterocycles. The monoisotopic (exact) mass is 312 g/mol. The highest BCUT2D eigenvalue weighted by Crippen LogP contribution is 2.29. The predicted molar refractivity (Wildman–Crippen MR) is 93.5 cm³/mol. The smallest absolute Gasteiger partial charge is 0.223 e. The summed E-state index contributed by atoms with van der Waals surface area (Å²) >= 11 is 0. The maximum absolute atomic E-state index is 11.8. The van der Waals surface area contributed by atoms with E-state index in [1.54, 1.807) is 0 Å². The number of amides is 1. The summed E-state index contributed by atoms with van der Waals surface area (Å²) in [4.78, 5) is 11.8. The molecule has 0 spiro atoms. The Balaban J connectivity index is 1.88. The largest absolute Gasteiger partial charge is 0.492 e. The fraction of sp³-hybridized carbons (Fsp3) is 0.316. The molecule has 2 N–H and O–H groups in total. The van der Waals surface area contributed by atoms with Crippen molar-refractivity contribution in [1.29, 1.82) is 0 Å². The van der Waals surface area contributed by atoms with Crippen molar-refractivity contribution in [1.82, 2.24) is 10.6 Å². The van der Waals surface area contributed by atoms with Crippen LogP contribution < -0.4 is 15.4 Å². The number of nitrogens with one attached hydrogen (secondary N) is 2. The molecule has 23 heavy (non-hydrogen) atoms. The Kier molecular flexibility index (Phi) is 6.63. The molecule has 0 aliphatic heterocycles. The normalized spacial score (nSPS) is 11.7. The average molecular weight is 312 g/mol. The molecule has 0 heterocycles. The quantitative estimate of drug-likeness (QED) is 0.788. The first-order valence-electron chi connectivity index (χ1n) is 7.92. The highest BCUT2D eigenvalue weighted by atomic mass is 16.5. The van der Waals surface area contributed by atoms with E-state index in [1.807, 2.05) is 68.6 Å². The highest BCUT2D eigenvalue weighted by molar-refractivity contribution is 5.76. The molecule has 2 aromatic carbocycles. The van der Waals surface area contributed by atoms with E-state index in [0.717, 1.165) is 16.9 Å². The van der Waals surface area contributed by atoms with Crippen LogP contribution in [0.1, 0.15) is 13.3 Å². The molecule has 0 aliphatic rings. The van der Waals surface area contributed by atoms with Crippen LogP contribution in [0.2, 0.25) is 0 Å².